The summed E-state index contributed by atoms with van der Waals surface area (Å²) in [5.74, 6) is -3.28. The fraction of sp³-hybridized carbons (Fsp3) is 0.455. The first-order valence-electron chi connectivity index (χ1n) is 9.08. The van der Waals surface area contributed by atoms with Crippen LogP contribution in [-0.4, -0.2) is 58.5 Å². The molecule has 9 nitrogen and oxygen atoms in total. The lowest BCUT2D eigenvalue weighted by Gasteiger charge is -2.12. The molecule has 0 aromatic heterocycles. The summed E-state index contributed by atoms with van der Waals surface area (Å²) in [5.41, 5.74) is 0.973. The maximum absolute atomic E-state index is 10.7. The SMILES string of the molecule is C=C(C)C(=O)OCC1CO1.C=CC(=O)O.C=CC(=O)O.C=CC(=O)O.CCC(C)(C)C. The van der Waals surface area contributed by atoms with Crippen LogP contribution in [-0.2, 0) is 28.7 Å². The molecule has 3 N–H and O–H groups in total. The summed E-state index contributed by atoms with van der Waals surface area (Å²) in [6.45, 7) is 24.0. The first-order valence-corrected chi connectivity index (χ1v) is 9.08. The van der Waals surface area contributed by atoms with Crippen molar-refractivity contribution < 1.29 is 44.0 Å². The number of carbonyl (C=O) groups excluding carboxylic acids is 1. The normalized spacial score (nSPS) is 12.5. The smallest absolute Gasteiger partial charge is 0.333 e. The van der Waals surface area contributed by atoms with E-state index in [0.717, 1.165) is 18.2 Å². The van der Waals surface area contributed by atoms with Crippen LogP contribution in [0.1, 0.15) is 41.0 Å². The Hall–Kier alpha value is -3.20. The Labute approximate surface area is 184 Å². The van der Waals surface area contributed by atoms with E-state index in [2.05, 4.69) is 54.0 Å². The maximum Gasteiger partial charge on any atom is 0.333 e. The second-order valence-electron chi connectivity index (χ2n) is 6.88. The molecule has 0 spiro atoms. The van der Waals surface area contributed by atoms with E-state index >= 15 is 0 Å². The Kier molecular flexibility index (Phi) is 24.5. The molecular weight excluding hydrogens is 408 g/mol. The van der Waals surface area contributed by atoms with E-state index in [9.17, 15) is 19.2 Å². The number of carboxylic acid groups (broad SMARTS) is 3. The average Bonchev–Trinajstić information content (AvgIpc) is 3.51. The van der Waals surface area contributed by atoms with E-state index in [1.807, 2.05) is 0 Å². The van der Waals surface area contributed by atoms with E-state index in [0.29, 0.717) is 24.2 Å². The highest BCUT2D eigenvalue weighted by Crippen LogP contribution is 2.16. The van der Waals surface area contributed by atoms with Crippen molar-refractivity contribution >= 4 is 23.9 Å². The van der Waals surface area contributed by atoms with Gasteiger partial charge in [-0.15, -0.1) is 0 Å². The van der Waals surface area contributed by atoms with E-state index in [-0.39, 0.29) is 12.1 Å². The van der Waals surface area contributed by atoms with Gasteiger partial charge in [0, 0.05) is 23.8 Å². The number of carboxylic acids is 3. The van der Waals surface area contributed by atoms with E-state index in [1.165, 1.54) is 6.42 Å². The fourth-order valence-electron chi connectivity index (χ4n) is 0.456. The van der Waals surface area contributed by atoms with Crippen molar-refractivity contribution in [2.45, 2.75) is 47.1 Å². The Morgan fingerprint density at radius 1 is 0.968 bits per heavy atom. The predicted molar refractivity (Wildman–Crippen MR) is 119 cm³/mol. The van der Waals surface area contributed by atoms with E-state index in [1.54, 1.807) is 6.92 Å². The zero-order valence-electron chi connectivity index (χ0n) is 19.1. The molecule has 1 unspecified atom stereocenters. The molecule has 0 aliphatic carbocycles. The van der Waals surface area contributed by atoms with E-state index < -0.39 is 17.9 Å². The maximum atomic E-state index is 10.7. The molecule has 1 aliphatic rings. The van der Waals surface area contributed by atoms with Crippen LogP contribution in [0.2, 0.25) is 0 Å². The van der Waals surface area contributed by atoms with Crippen LogP contribution < -0.4 is 0 Å². The molecule has 1 atom stereocenters. The van der Waals surface area contributed by atoms with Gasteiger partial charge in [-0.3, -0.25) is 0 Å². The monoisotopic (exact) mass is 444 g/mol. The molecule has 0 saturated carbocycles. The summed E-state index contributed by atoms with van der Waals surface area (Å²) in [6.07, 6.45) is 3.91. The van der Waals surface area contributed by atoms with Crippen molar-refractivity contribution in [1.82, 2.24) is 0 Å². The minimum Gasteiger partial charge on any atom is -0.478 e. The third kappa shape index (κ3) is 52.0. The lowest BCUT2D eigenvalue weighted by atomic mass is 9.94. The predicted octanol–water partition coefficient (Wildman–Crippen LogP) is 3.72. The first-order chi connectivity index (χ1) is 14.1. The average molecular weight is 445 g/mol. The molecule has 0 amide bonds. The third-order valence-corrected chi connectivity index (χ3v) is 2.74. The molecule has 178 valence electrons. The van der Waals surface area contributed by atoms with Gasteiger partial charge in [-0.25, -0.2) is 19.2 Å². The van der Waals surface area contributed by atoms with Crippen LogP contribution in [0.25, 0.3) is 0 Å². The second-order valence-corrected chi connectivity index (χ2v) is 6.88. The third-order valence-electron chi connectivity index (χ3n) is 2.74. The van der Waals surface area contributed by atoms with Gasteiger partial charge in [0.25, 0.3) is 0 Å². The first kappa shape index (κ1) is 35.3. The summed E-state index contributed by atoms with van der Waals surface area (Å²) < 4.78 is 9.60. The van der Waals surface area contributed by atoms with Crippen LogP contribution in [0, 0.1) is 5.41 Å². The number of hydrogen-bond acceptors (Lipinski definition) is 6. The Bertz CT molecular complexity index is 552. The number of hydrogen-bond donors (Lipinski definition) is 3. The van der Waals surface area contributed by atoms with Crippen LogP contribution >= 0.6 is 0 Å². The molecule has 0 radical (unpaired) electrons. The number of aliphatic carboxylic acids is 3. The van der Waals surface area contributed by atoms with Gasteiger partial charge >= 0.3 is 23.9 Å². The number of ether oxygens (including phenoxy) is 2. The van der Waals surface area contributed by atoms with Crippen LogP contribution in [0.3, 0.4) is 0 Å². The number of rotatable bonds is 6. The van der Waals surface area contributed by atoms with Gasteiger partial charge < -0.3 is 24.8 Å². The van der Waals surface area contributed by atoms with Crippen molar-refractivity contribution in [2.24, 2.45) is 5.41 Å². The van der Waals surface area contributed by atoms with Crippen molar-refractivity contribution in [1.29, 1.82) is 0 Å². The molecule has 0 aromatic carbocycles. The molecule has 1 heterocycles. The van der Waals surface area contributed by atoms with Gasteiger partial charge in [-0.1, -0.05) is 60.4 Å². The number of carbonyl (C=O) groups is 4. The van der Waals surface area contributed by atoms with Crippen LogP contribution in [0.15, 0.2) is 50.1 Å². The fourth-order valence-corrected chi connectivity index (χ4v) is 0.456. The molecule has 1 rings (SSSR count). The Morgan fingerprint density at radius 2 is 1.23 bits per heavy atom. The van der Waals surface area contributed by atoms with Crippen LogP contribution in [0.4, 0.5) is 0 Å². The lowest BCUT2D eigenvalue weighted by molar-refractivity contribution is -0.139. The Balaban J connectivity index is -0.000000154. The minimum atomic E-state index is -0.981. The largest absolute Gasteiger partial charge is 0.478 e. The number of epoxide rings is 1. The molecule has 0 aromatic rings. The van der Waals surface area contributed by atoms with Crippen molar-refractivity contribution in [3.05, 3.63) is 50.1 Å². The molecule has 1 fully saturated rings. The van der Waals surface area contributed by atoms with Gasteiger partial charge in [0.1, 0.15) is 12.7 Å². The standard InChI is InChI=1S/C7H10O3.C6H14.3C3H4O2/c1-5(2)7(8)10-4-6-3-9-6;1-5-6(2,3)4;3*1-2-3(4)5/h6H,1,3-4H2,2H3;5H2,1-4H3;3*2H,1H2,(H,4,5). The summed E-state index contributed by atoms with van der Waals surface area (Å²) in [5, 5.41) is 22.8. The zero-order chi connectivity index (χ0) is 25.6. The second kappa shape index (κ2) is 21.5. The lowest BCUT2D eigenvalue weighted by Crippen LogP contribution is -2.09. The van der Waals surface area contributed by atoms with Gasteiger partial charge in [-0.05, 0) is 12.3 Å². The van der Waals surface area contributed by atoms with E-state index in [4.69, 9.17) is 24.8 Å². The Morgan fingerprint density at radius 3 is 1.35 bits per heavy atom. The summed E-state index contributed by atoms with van der Waals surface area (Å²) in [7, 11) is 0. The molecule has 1 saturated heterocycles. The highest BCUT2D eigenvalue weighted by atomic mass is 16.6. The quantitative estimate of drug-likeness (QED) is 0.316. The highest BCUT2D eigenvalue weighted by molar-refractivity contribution is 5.86. The molecule has 0 bridgehead atoms. The van der Waals surface area contributed by atoms with Crippen molar-refractivity contribution in [3.63, 3.8) is 0 Å². The molecule has 9 heteroatoms. The summed E-state index contributed by atoms with van der Waals surface area (Å²) in [6, 6.07) is 0. The molecular formula is C22H36O9. The topological polar surface area (TPSA) is 151 Å². The van der Waals surface area contributed by atoms with Crippen molar-refractivity contribution in [2.75, 3.05) is 13.2 Å². The van der Waals surface area contributed by atoms with Gasteiger partial charge in [0.15, 0.2) is 0 Å². The van der Waals surface area contributed by atoms with Crippen molar-refractivity contribution in [3.8, 4) is 0 Å². The van der Waals surface area contributed by atoms with Gasteiger partial charge in [-0.2, -0.15) is 0 Å². The number of esters is 1. The summed E-state index contributed by atoms with van der Waals surface area (Å²) in [4.78, 5) is 38.4. The van der Waals surface area contributed by atoms with Crippen LogP contribution in [0.5, 0.6) is 0 Å². The molecule has 31 heavy (non-hydrogen) atoms. The zero-order valence-corrected chi connectivity index (χ0v) is 19.1. The summed E-state index contributed by atoms with van der Waals surface area (Å²) >= 11 is 0. The highest BCUT2D eigenvalue weighted by Gasteiger charge is 2.24. The van der Waals surface area contributed by atoms with Gasteiger partial charge in [0.2, 0.25) is 0 Å². The van der Waals surface area contributed by atoms with Gasteiger partial charge in [0.05, 0.1) is 6.61 Å². The minimum absolute atomic E-state index is 0.142. The molecule has 1 aliphatic heterocycles.